The largest absolute Gasteiger partial charge is 0.496 e. The molecule has 1 atom stereocenters. The van der Waals surface area contributed by atoms with Gasteiger partial charge in [-0.1, -0.05) is 29.8 Å². The van der Waals surface area contributed by atoms with E-state index in [2.05, 4.69) is 16.9 Å². The Morgan fingerprint density at radius 1 is 1.32 bits per heavy atom. The van der Waals surface area contributed by atoms with Crippen LogP contribution in [0.3, 0.4) is 0 Å². The number of benzene rings is 2. The number of anilines is 1. The fourth-order valence-corrected chi connectivity index (χ4v) is 4.61. The maximum absolute atomic E-state index is 15.1. The fraction of sp³-hybridized carbons (Fsp3) is 0.217. The van der Waals surface area contributed by atoms with Gasteiger partial charge < -0.3 is 15.0 Å². The molecular weight excluding hydrogens is 440 g/mol. The second-order valence-corrected chi connectivity index (χ2v) is 8.17. The van der Waals surface area contributed by atoms with E-state index < -0.39 is 11.4 Å². The van der Waals surface area contributed by atoms with E-state index in [1.165, 1.54) is 18.2 Å². The zero-order valence-electron chi connectivity index (χ0n) is 16.8. The lowest BCUT2D eigenvalue weighted by Gasteiger charge is -2.33. The first-order valence-corrected chi connectivity index (χ1v) is 10.4. The van der Waals surface area contributed by atoms with E-state index in [0.717, 1.165) is 5.39 Å². The van der Waals surface area contributed by atoms with E-state index in [9.17, 15) is 4.79 Å². The third-order valence-electron chi connectivity index (χ3n) is 5.58. The summed E-state index contributed by atoms with van der Waals surface area (Å²) < 4.78 is 20.4. The minimum Gasteiger partial charge on any atom is -0.496 e. The number of nitrogens with zero attached hydrogens (tertiary/aromatic N) is 2. The number of ether oxygens (including phenoxy) is 1. The van der Waals surface area contributed by atoms with Crippen molar-refractivity contribution in [2.24, 2.45) is 0 Å². The van der Waals surface area contributed by atoms with Gasteiger partial charge in [0.2, 0.25) is 5.91 Å². The molecule has 0 aliphatic carbocycles. The van der Waals surface area contributed by atoms with Crippen molar-refractivity contribution in [2.75, 3.05) is 25.5 Å². The number of rotatable bonds is 5. The summed E-state index contributed by atoms with van der Waals surface area (Å²) in [7, 11) is 1.60. The first-order valence-electron chi connectivity index (χ1n) is 9.65. The minimum atomic E-state index is -0.975. The predicted octanol–water partition coefficient (Wildman–Crippen LogP) is 5.42. The number of amides is 1. The van der Waals surface area contributed by atoms with Gasteiger partial charge in [-0.2, -0.15) is 0 Å². The van der Waals surface area contributed by atoms with Crippen LogP contribution in [0.2, 0.25) is 10.0 Å². The molecule has 1 aromatic heterocycles. The van der Waals surface area contributed by atoms with Gasteiger partial charge >= 0.3 is 0 Å². The smallest absolute Gasteiger partial charge is 0.246 e. The van der Waals surface area contributed by atoms with E-state index in [1.54, 1.807) is 24.3 Å². The summed E-state index contributed by atoms with van der Waals surface area (Å²) in [6.45, 7) is 4.18. The summed E-state index contributed by atoms with van der Waals surface area (Å²) in [6, 6.07) is 10.1. The molecule has 1 fully saturated rings. The third kappa shape index (κ3) is 3.82. The summed E-state index contributed by atoms with van der Waals surface area (Å²) in [5, 5.41) is 4.65. The number of halogens is 3. The van der Waals surface area contributed by atoms with E-state index in [-0.39, 0.29) is 28.1 Å². The van der Waals surface area contributed by atoms with Crippen molar-refractivity contribution in [2.45, 2.75) is 12.0 Å². The number of carbonyl (C=O) groups excluding carboxylic acids is 1. The van der Waals surface area contributed by atoms with Gasteiger partial charge in [-0.3, -0.25) is 9.78 Å². The first-order chi connectivity index (χ1) is 14.9. The number of methoxy groups -OCH3 is 1. The molecule has 8 heteroatoms. The Kier molecular flexibility index (Phi) is 5.77. The molecule has 1 amide bonds. The molecule has 0 unspecified atom stereocenters. The topological polar surface area (TPSA) is 54.5 Å². The lowest BCUT2D eigenvalue weighted by molar-refractivity contribution is -0.125. The molecule has 1 aliphatic heterocycles. The average Bonchev–Trinajstić information content (AvgIpc) is 3.19. The molecule has 0 spiro atoms. The normalized spacial score (nSPS) is 18.3. The monoisotopic (exact) mass is 459 g/mol. The van der Waals surface area contributed by atoms with Gasteiger partial charge in [-0.25, -0.2) is 4.39 Å². The summed E-state index contributed by atoms with van der Waals surface area (Å²) in [4.78, 5) is 18.3. The second kappa shape index (κ2) is 8.36. The molecule has 0 radical (unpaired) electrons. The number of aromatic nitrogens is 1. The number of hydrogen-bond acceptors (Lipinski definition) is 4. The predicted molar refractivity (Wildman–Crippen MR) is 121 cm³/mol. The van der Waals surface area contributed by atoms with E-state index in [0.29, 0.717) is 29.9 Å². The summed E-state index contributed by atoms with van der Waals surface area (Å²) >= 11 is 12.7. The maximum Gasteiger partial charge on any atom is 0.246 e. The van der Waals surface area contributed by atoms with Crippen molar-refractivity contribution in [1.82, 2.24) is 9.88 Å². The van der Waals surface area contributed by atoms with E-state index in [4.69, 9.17) is 27.9 Å². The van der Waals surface area contributed by atoms with Crippen LogP contribution in [0.25, 0.3) is 10.9 Å². The zero-order chi connectivity index (χ0) is 22.2. The Morgan fingerprint density at radius 2 is 2.13 bits per heavy atom. The van der Waals surface area contributed by atoms with Crippen molar-refractivity contribution >= 4 is 45.7 Å². The quantitative estimate of drug-likeness (QED) is 0.409. The molecular formula is C23H20Cl2FN3O2. The van der Waals surface area contributed by atoms with Crippen LogP contribution in [0.4, 0.5) is 10.1 Å². The highest BCUT2D eigenvalue weighted by Crippen LogP contribution is 2.43. The van der Waals surface area contributed by atoms with Gasteiger partial charge in [0.15, 0.2) is 0 Å². The average molecular weight is 460 g/mol. The first kappa shape index (κ1) is 21.4. The Bertz CT molecular complexity index is 1190. The van der Waals surface area contributed by atoms with Gasteiger partial charge in [-0.15, -0.1) is 0 Å². The van der Waals surface area contributed by atoms with Crippen LogP contribution in [0.15, 0.2) is 55.3 Å². The summed E-state index contributed by atoms with van der Waals surface area (Å²) in [5.74, 6) is -0.0126. The van der Waals surface area contributed by atoms with Crippen LogP contribution < -0.4 is 10.1 Å². The lowest BCUT2D eigenvalue weighted by Crippen LogP contribution is -2.41. The molecule has 0 bridgehead atoms. The molecule has 2 aromatic carbocycles. The molecule has 2 heterocycles. The van der Waals surface area contributed by atoms with Crippen molar-refractivity contribution in [1.29, 1.82) is 0 Å². The van der Waals surface area contributed by atoms with Crippen LogP contribution >= 0.6 is 23.2 Å². The van der Waals surface area contributed by atoms with Gasteiger partial charge in [0, 0.05) is 35.9 Å². The van der Waals surface area contributed by atoms with E-state index >= 15 is 4.39 Å². The van der Waals surface area contributed by atoms with Gasteiger partial charge in [0.25, 0.3) is 0 Å². The lowest BCUT2D eigenvalue weighted by atomic mass is 9.87. The van der Waals surface area contributed by atoms with Crippen molar-refractivity contribution in [3.63, 3.8) is 0 Å². The number of fused-ring (bicyclic) bond motifs is 1. The minimum absolute atomic E-state index is 0.127. The Labute approximate surface area is 189 Å². The fourth-order valence-electron chi connectivity index (χ4n) is 4.12. The molecule has 1 saturated heterocycles. The third-order valence-corrected chi connectivity index (χ3v) is 6.39. The van der Waals surface area contributed by atoms with Gasteiger partial charge in [0.05, 0.1) is 28.2 Å². The Balaban J connectivity index is 1.82. The summed E-state index contributed by atoms with van der Waals surface area (Å²) in [5.41, 5.74) is 0.683. The van der Waals surface area contributed by atoms with Crippen LogP contribution in [-0.4, -0.2) is 36.0 Å². The van der Waals surface area contributed by atoms with Crippen molar-refractivity contribution in [3.05, 3.63) is 76.7 Å². The molecule has 3 aromatic rings. The molecule has 5 nitrogen and oxygen atoms in total. The second-order valence-electron chi connectivity index (χ2n) is 7.38. The molecule has 1 aliphatic rings. The standard InChI is InChI=1S/C23H20Cl2FN3O2/c1-3-20(30)29-11-9-23(13-29,21-17(26)7-6-16(24)22(21)25)28-14-4-5-15-18(12-14)27-10-8-19(15)31-2/h3-8,10,12,28H,1,9,11,13H2,2H3/t23-/m0/s1. The molecule has 4 rings (SSSR count). The van der Waals surface area contributed by atoms with Crippen LogP contribution in [0, 0.1) is 5.82 Å². The highest BCUT2D eigenvalue weighted by molar-refractivity contribution is 6.42. The Morgan fingerprint density at radius 3 is 2.87 bits per heavy atom. The highest BCUT2D eigenvalue weighted by Gasteiger charge is 2.44. The number of pyridine rings is 1. The van der Waals surface area contributed by atoms with Crippen molar-refractivity contribution in [3.8, 4) is 5.75 Å². The van der Waals surface area contributed by atoms with Crippen LogP contribution in [0.1, 0.15) is 12.0 Å². The number of hydrogen-bond donors (Lipinski definition) is 1. The molecule has 0 saturated carbocycles. The van der Waals surface area contributed by atoms with Crippen molar-refractivity contribution < 1.29 is 13.9 Å². The zero-order valence-corrected chi connectivity index (χ0v) is 18.3. The van der Waals surface area contributed by atoms with Gasteiger partial charge in [-0.05, 0) is 48.9 Å². The van der Waals surface area contributed by atoms with Gasteiger partial charge in [0.1, 0.15) is 11.6 Å². The number of nitrogens with one attached hydrogen (secondary N) is 1. The highest BCUT2D eigenvalue weighted by atomic mass is 35.5. The summed E-state index contributed by atoms with van der Waals surface area (Å²) in [6.07, 6.45) is 3.35. The SMILES string of the molecule is C=CC(=O)N1CC[C@@](Nc2ccc3c(OC)ccnc3c2)(c2c(F)ccc(Cl)c2Cl)C1. The maximum atomic E-state index is 15.1. The number of carbonyl (C=O) groups is 1. The van der Waals surface area contributed by atoms with E-state index in [1.807, 2.05) is 18.2 Å². The number of likely N-dealkylation sites (tertiary alicyclic amines) is 1. The molecule has 1 N–H and O–H groups in total. The molecule has 31 heavy (non-hydrogen) atoms. The van der Waals surface area contributed by atoms with Crippen LogP contribution in [0.5, 0.6) is 5.75 Å². The Hall–Kier alpha value is -2.83. The van der Waals surface area contributed by atoms with Crippen LogP contribution in [-0.2, 0) is 10.3 Å². The molecule has 160 valence electrons.